The fraction of sp³-hybridized carbons (Fsp3) is 0.333. The summed E-state index contributed by atoms with van der Waals surface area (Å²) in [6.07, 6.45) is 3.21. The number of fused-ring (bicyclic) bond motifs is 1. The first-order chi connectivity index (χ1) is 9.66. The van der Waals surface area contributed by atoms with Gasteiger partial charge in [0.1, 0.15) is 11.5 Å². The molecule has 0 atom stereocenters. The van der Waals surface area contributed by atoms with E-state index in [1.54, 1.807) is 12.1 Å². The second-order valence-corrected chi connectivity index (χ2v) is 4.99. The van der Waals surface area contributed by atoms with E-state index in [2.05, 4.69) is 9.88 Å². The van der Waals surface area contributed by atoms with Crippen molar-refractivity contribution in [3.63, 3.8) is 0 Å². The summed E-state index contributed by atoms with van der Waals surface area (Å²) in [6, 6.07) is 5.46. The zero-order valence-electron chi connectivity index (χ0n) is 11.3. The van der Waals surface area contributed by atoms with Crippen LogP contribution in [0.15, 0.2) is 29.0 Å². The van der Waals surface area contributed by atoms with Crippen molar-refractivity contribution < 1.29 is 14.3 Å². The quantitative estimate of drug-likeness (QED) is 0.930. The van der Waals surface area contributed by atoms with E-state index in [1.807, 2.05) is 13.0 Å². The molecule has 1 aromatic heterocycles. The SMILES string of the molecule is Cc1ocnc1CN1CCCc2c(C(=O)O)cccc21. The molecular formula is C15H16N2O3. The highest BCUT2D eigenvalue weighted by Crippen LogP contribution is 2.31. The topological polar surface area (TPSA) is 66.6 Å². The van der Waals surface area contributed by atoms with Crippen molar-refractivity contribution >= 4 is 11.7 Å². The summed E-state index contributed by atoms with van der Waals surface area (Å²) in [5.41, 5.74) is 3.23. The Bertz CT molecular complexity index is 648. The molecule has 3 rings (SSSR count). The lowest BCUT2D eigenvalue weighted by Gasteiger charge is -2.31. The van der Waals surface area contributed by atoms with Crippen molar-refractivity contribution in [1.82, 2.24) is 4.98 Å². The van der Waals surface area contributed by atoms with Gasteiger partial charge in [0.15, 0.2) is 6.39 Å². The molecule has 0 fully saturated rings. The summed E-state index contributed by atoms with van der Waals surface area (Å²) in [4.78, 5) is 17.7. The van der Waals surface area contributed by atoms with Crippen LogP contribution in [0.25, 0.3) is 0 Å². The number of aromatic carboxylic acids is 1. The Morgan fingerprint density at radius 2 is 2.35 bits per heavy atom. The van der Waals surface area contributed by atoms with E-state index in [0.29, 0.717) is 12.1 Å². The van der Waals surface area contributed by atoms with Crippen LogP contribution in [0.1, 0.15) is 33.8 Å². The van der Waals surface area contributed by atoms with Crippen LogP contribution in [0.2, 0.25) is 0 Å². The third kappa shape index (κ3) is 2.15. The zero-order chi connectivity index (χ0) is 14.1. The molecule has 0 aliphatic carbocycles. The lowest BCUT2D eigenvalue weighted by molar-refractivity contribution is 0.0695. The lowest BCUT2D eigenvalue weighted by Crippen LogP contribution is -2.30. The molecule has 0 radical (unpaired) electrons. The molecule has 0 saturated carbocycles. The Labute approximate surface area is 116 Å². The average molecular weight is 272 g/mol. The van der Waals surface area contributed by atoms with E-state index < -0.39 is 5.97 Å². The number of carboxylic acids is 1. The van der Waals surface area contributed by atoms with Crippen molar-refractivity contribution in [2.75, 3.05) is 11.4 Å². The molecule has 0 spiro atoms. The maximum Gasteiger partial charge on any atom is 0.336 e. The van der Waals surface area contributed by atoms with Crippen molar-refractivity contribution in [2.24, 2.45) is 0 Å². The van der Waals surface area contributed by atoms with Crippen molar-refractivity contribution in [3.05, 3.63) is 47.2 Å². The third-order valence-electron chi connectivity index (χ3n) is 3.76. The van der Waals surface area contributed by atoms with Gasteiger partial charge in [-0.1, -0.05) is 6.07 Å². The third-order valence-corrected chi connectivity index (χ3v) is 3.76. The molecule has 20 heavy (non-hydrogen) atoms. The maximum absolute atomic E-state index is 11.3. The van der Waals surface area contributed by atoms with Crippen molar-refractivity contribution in [1.29, 1.82) is 0 Å². The molecule has 0 bridgehead atoms. The molecule has 1 aliphatic rings. The summed E-state index contributed by atoms with van der Waals surface area (Å²) >= 11 is 0. The molecule has 1 aliphatic heterocycles. The van der Waals surface area contributed by atoms with Crippen LogP contribution in [0.4, 0.5) is 5.69 Å². The second-order valence-electron chi connectivity index (χ2n) is 4.99. The van der Waals surface area contributed by atoms with E-state index in [4.69, 9.17) is 4.42 Å². The molecule has 0 saturated heterocycles. The molecule has 5 heteroatoms. The van der Waals surface area contributed by atoms with Gasteiger partial charge >= 0.3 is 5.97 Å². The molecule has 5 nitrogen and oxygen atoms in total. The van der Waals surface area contributed by atoms with Crippen molar-refractivity contribution in [3.8, 4) is 0 Å². The largest absolute Gasteiger partial charge is 0.478 e. The fourth-order valence-corrected chi connectivity index (χ4v) is 2.73. The minimum Gasteiger partial charge on any atom is -0.478 e. The average Bonchev–Trinajstić information content (AvgIpc) is 2.84. The molecule has 0 amide bonds. The molecule has 1 aromatic carbocycles. The van der Waals surface area contributed by atoms with Gasteiger partial charge in [-0.15, -0.1) is 0 Å². The first-order valence-corrected chi connectivity index (χ1v) is 6.66. The van der Waals surface area contributed by atoms with Crippen LogP contribution in [-0.4, -0.2) is 22.6 Å². The van der Waals surface area contributed by atoms with Crippen LogP contribution in [-0.2, 0) is 13.0 Å². The second kappa shape index (κ2) is 5.00. The summed E-state index contributed by atoms with van der Waals surface area (Å²) in [5.74, 6) is -0.0483. The predicted molar refractivity (Wildman–Crippen MR) is 74.0 cm³/mol. The summed E-state index contributed by atoms with van der Waals surface area (Å²) in [7, 11) is 0. The highest BCUT2D eigenvalue weighted by atomic mass is 16.4. The van der Waals surface area contributed by atoms with Gasteiger partial charge in [0.25, 0.3) is 0 Å². The van der Waals surface area contributed by atoms with Gasteiger partial charge in [0.05, 0.1) is 12.1 Å². The molecule has 104 valence electrons. The Morgan fingerprint density at radius 1 is 1.50 bits per heavy atom. The first-order valence-electron chi connectivity index (χ1n) is 6.66. The number of nitrogens with zero attached hydrogens (tertiary/aromatic N) is 2. The zero-order valence-corrected chi connectivity index (χ0v) is 11.3. The Balaban J connectivity index is 1.96. The molecular weight excluding hydrogens is 256 g/mol. The summed E-state index contributed by atoms with van der Waals surface area (Å²) < 4.78 is 5.22. The van der Waals surface area contributed by atoms with Crippen LogP contribution in [0, 0.1) is 6.92 Å². The number of carboxylic acid groups (broad SMARTS) is 1. The van der Waals surface area contributed by atoms with Crippen molar-refractivity contribution in [2.45, 2.75) is 26.3 Å². The predicted octanol–water partition coefficient (Wildman–Crippen LogP) is 2.63. The number of anilines is 1. The van der Waals surface area contributed by atoms with Gasteiger partial charge in [0.2, 0.25) is 0 Å². The van der Waals surface area contributed by atoms with E-state index >= 15 is 0 Å². The smallest absolute Gasteiger partial charge is 0.336 e. The molecule has 0 unspecified atom stereocenters. The number of hydrogen-bond donors (Lipinski definition) is 1. The van der Waals surface area contributed by atoms with Crippen LogP contribution in [0.5, 0.6) is 0 Å². The Kier molecular flexibility index (Phi) is 3.18. The highest BCUT2D eigenvalue weighted by Gasteiger charge is 2.23. The monoisotopic (exact) mass is 272 g/mol. The number of carbonyl (C=O) groups is 1. The minimum absolute atomic E-state index is 0.407. The number of rotatable bonds is 3. The Hall–Kier alpha value is -2.30. The Morgan fingerprint density at radius 3 is 3.05 bits per heavy atom. The van der Waals surface area contributed by atoms with Gasteiger partial charge in [0, 0.05) is 12.2 Å². The normalized spacial score (nSPS) is 14.2. The summed E-state index contributed by atoms with van der Waals surface area (Å²) in [5, 5.41) is 9.28. The van der Waals surface area contributed by atoms with Gasteiger partial charge in [-0.05, 0) is 37.5 Å². The first kappa shape index (κ1) is 12.7. The minimum atomic E-state index is -0.860. The highest BCUT2D eigenvalue weighted by molar-refractivity contribution is 5.91. The van der Waals surface area contributed by atoms with E-state index in [0.717, 1.165) is 42.1 Å². The van der Waals surface area contributed by atoms with Crippen LogP contribution < -0.4 is 4.90 Å². The molecule has 1 N–H and O–H groups in total. The number of aryl methyl sites for hydroxylation is 1. The number of aromatic nitrogens is 1. The van der Waals surface area contributed by atoms with E-state index in [-0.39, 0.29) is 0 Å². The van der Waals surface area contributed by atoms with Crippen LogP contribution in [0.3, 0.4) is 0 Å². The van der Waals surface area contributed by atoms with Crippen LogP contribution >= 0.6 is 0 Å². The fourth-order valence-electron chi connectivity index (χ4n) is 2.73. The van der Waals surface area contributed by atoms with Gasteiger partial charge in [-0.3, -0.25) is 0 Å². The van der Waals surface area contributed by atoms with E-state index in [1.165, 1.54) is 6.39 Å². The maximum atomic E-state index is 11.3. The van der Waals surface area contributed by atoms with Gasteiger partial charge in [-0.25, -0.2) is 9.78 Å². The van der Waals surface area contributed by atoms with Gasteiger partial charge in [-0.2, -0.15) is 0 Å². The van der Waals surface area contributed by atoms with Gasteiger partial charge < -0.3 is 14.4 Å². The number of oxazole rings is 1. The van der Waals surface area contributed by atoms with E-state index in [9.17, 15) is 9.90 Å². The number of benzene rings is 1. The molecule has 2 aromatic rings. The number of hydrogen-bond acceptors (Lipinski definition) is 4. The lowest BCUT2D eigenvalue weighted by atomic mass is 9.96. The standard InChI is InChI=1S/C15H16N2O3/c1-10-13(16-9-20-10)8-17-7-3-5-11-12(15(18)19)4-2-6-14(11)17/h2,4,6,9H,3,5,7-8H2,1H3,(H,18,19). The summed E-state index contributed by atoms with van der Waals surface area (Å²) in [6.45, 7) is 3.45. The molecule has 2 heterocycles.